The molecule has 0 fully saturated rings. The summed E-state index contributed by atoms with van der Waals surface area (Å²) in [5, 5.41) is 9.04. The van der Waals surface area contributed by atoms with E-state index in [4.69, 9.17) is 10.8 Å². The first-order valence-corrected chi connectivity index (χ1v) is 6.29. The molecule has 3 N–H and O–H groups in total. The maximum absolute atomic E-state index is 11.0. The summed E-state index contributed by atoms with van der Waals surface area (Å²) in [5.41, 5.74) is 8.18. The second-order valence-corrected chi connectivity index (χ2v) is 4.86. The van der Waals surface area contributed by atoms with Crippen LogP contribution in [-0.4, -0.2) is 26.7 Å². The van der Waals surface area contributed by atoms with Crippen molar-refractivity contribution in [2.75, 3.05) is 0 Å². The van der Waals surface area contributed by atoms with Crippen LogP contribution in [0.2, 0.25) is 0 Å². The topological polar surface area (TPSA) is 81.1 Å². The first-order chi connectivity index (χ1) is 9.15. The molecule has 1 aliphatic heterocycles. The Balaban J connectivity index is 2.03. The predicted molar refractivity (Wildman–Crippen MR) is 70.9 cm³/mol. The van der Waals surface area contributed by atoms with Gasteiger partial charge in [-0.3, -0.25) is 0 Å². The molecule has 1 aromatic carbocycles. The minimum atomic E-state index is -0.922. The van der Waals surface area contributed by atoms with Crippen LogP contribution >= 0.6 is 0 Å². The second-order valence-electron chi connectivity index (χ2n) is 4.86. The highest BCUT2D eigenvalue weighted by atomic mass is 16.4. The molecule has 5 heteroatoms. The number of aromatic carboxylic acids is 1. The fourth-order valence-electron chi connectivity index (χ4n) is 2.51. The average molecular weight is 257 g/mol. The smallest absolute Gasteiger partial charge is 0.335 e. The summed E-state index contributed by atoms with van der Waals surface area (Å²) in [6, 6.07) is 7.07. The maximum Gasteiger partial charge on any atom is 0.335 e. The number of benzene rings is 1. The summed E-state index contributed by atoms with van der Waals surface area (Å²) < 4.78 is 2.13. The van der Waals surface area contributed by atoms with Crippen LogP contribution in [0.1, 0.15) is 22.5 Å². The number of carboxylic acids is 1. The van der Waals surface area contributed by atoms with Crippen LogP contribution in [0, 0.1) is 0 Å². The standard InChI is InChI=1S/C14H15N3O2/c15-11-4-5-17-12(7-11)8-16-13(17)9-2-1-3-10(6-9)14(18)19/h1-3,6,8,11H,4-5,7,15H2,(H,18,19). The number of carbonyl (C=O) groups is 1. The Labute approximate surface area is 110 Å². The molecule has 2 heterocycles. The normalized spacial score (nSPS) is 18.1. The lowest BCUT2D eigenvalue weighted by molar-refractivity contribution is 0.0697. The van der Waals surface area contributed by atoms with Crippen LogP contribution in [-0.2, 0) is 13.0 Å². The minimum Gasteiger partial charge on any atom is -0.478 e. The highest BCUT2D eigenvalue weighted by molar-refractivity contribution is 5.89. The van der Waals surface area contributed by atoms with Crippen molar-refractivity contribution in [3.05, 3.63) is 41.7 Å². The number of hydrogen-bond donors (Lipinski definition) is 2. The lowest BCUT2D eigenvalue weighted by atomic mass is 10.0. The van der Waals surface area contributed by atoms with Gasteiger partial charge in [-0.15, -0.1) is 0 Å². The summed E-state index contributed by atoms with van der Waals surface area (Å²) in [7, 11) is 0. The fourth-order valence-corrected chi connectivity index (χ4v) is 2.51. The molecule has 0 spiro atoms. The monoisotopic (exact) mass is 257 g/mol. The third-order valence-electron chi connectivity index (χ3n) is 3.50. The van der Waals surface area contributed by atoms with Gasteiger partial charge in [0.2, 0.25) is 0 Å². The highest BCUT2D eigenvalue weighted by Gasteiger charge is 2.19. The zero-order chi connectivity index (χ0) is 13.4. The van der Waals surface area contributed by atoms with Gasteiger partial charge in [-0.05, 0) is 18.6 Å². The number of aromatic nitrogens is 2. The van der Waals surface area contributed by atoms with Crippen LogP contribution in [0.15, 0.2) is 30.5 Å². The lowest BCUT2D eigenvalue weighted by Crippen LogP contribution is -2.30. The van der Waals surface area contributed by atoms with Gasteiger partial charge in [0, 0.05) is 36.5 Å². The van der Waals surface area contributed by atoms with Gasteiger partial charge in [0.1, 0.15) is 5.82 Å². The summed E-state index contributed by atoms with van der Waals surface area (Å²) in [4.78, 5) is 15.4. The van der Waals surface area contributed by atoms with Crippen molar-refractivity contribution in [1.82, 2.24) is 9.55 Å². The van der Waals surface area contributed by atoms with Crippen molar-refractivity contribution in [2.24, 2.45) is 5.73 Å². The molecule has 0 amide bonds. The summed E-state index contributed by atoms with van der Waals surface area (Å²) in [6.45, 7) is 0.836. The SMILES string of the molecule is NC1CCn2c(cnc2-c2cccc(C(=O)O)c2)C1. The Morgan fingerprint density at radius 2 is 2.32 bits per heavy atom. The molecule has 2 aromatic rings. The minimum absolute atomic E-state index is 0.197. The highest BCUT2D eigenvalue weighted by Crippen LogP contribution is 2.24. The molecule has 5 nitrogen and oxygen atoms in total. The Morgan fingerprint density at radius 3 is 3.11 bits per heavy atom. The zero-order valence-corrected chi connectivity index (χ0v) is 10.4. The van der Waals surface area contributed by atoms with E-state index in [0.29, 0.717) is 0 Å². The fraction of sp³-hybridized carbons (Fsp3) is 0.286. The first kappa shape index (κ1) is 11.9. The molecule has 0 aliphatic carbocycles. The van der Waals surface area contributed by atoms with Crippen LogP contribution in [0.4, 0.5) is 0 Å². The van der Waals surface area contributed by atoms with E-state index in [1.165, 1.54) is 0 Å². The quantitative estimate of drug-likeness (QED) is 0.854. The van der Waals surface area contributed by atoms with Gasteiger partial charge in [-0.25, -0.2) is 9.78 Å². The van der Waals surface area contributed by atoms with Gasteiger partial charge in [0.05, 0.1) is 5.56 Å². The van der Waals surface area contributed by atoms with Gasteiger partial charge in [0.15, 0.2) is 0 Å². The summed E-state index contributed by atoms with van der Waals surface area (Å²) >= 11 is 0. The molecule has 1 aliphatic rings. The number of fused-ring (bicyclic) bond motifs is 1. The third-order valence-corrected chi connectivity index (χ3v) is 3.50. The molecule has 1 unspecified atom stereocenters. The van der Waals surface area contributed by atoms with Crippen LogP contribution in [0.25, 0.3) is 11.4 Å². The van der Waals surface area contributed by atoms with Crippen molar-refractivity contribution in [2.45, 2.75) is 25.4 Å². The number of nitrogens with zero attached hydrogens (tertiary/aromatic N) is 2. The molecular formula is C14H15N3O2. The van der Waals surface area contributed by atoms with Gasteiger partial charge in [-0.2, -0.15) is 0 Å². The molecule has 0 saturated carbocycles. The Kier molecular flexibility index (Phi) is 2.83. The van der Waals surface area contributed by atoms with Crippen molar-refractivity contribution >= 4 is 5.97 Å². The molecule has 1 aromatic heterocycles. The zero-order valence-electron chi connectivity index (χ0n) is 10.4. The first-order valence-electron chi connectivity index (χ1n) is 6.29. The second kappa shape index (κ2) is 4.51. The molecule has 98 valence electrons. The molecule has 1 atom stereocenters. The Hall–Kier alpha value is -2.14. The van der Waals surface area contributed by atoms with E-state index in [2.05, 4.69) is 9.55 Å². The number of rotatable bonds is 2. The Morgan fingerprint density at radius 1 is 1.47 bits per heavy atom. The van der Waals surface area contributed by atoms with E-state index in [1.807, 2.05) is 12.3 Å². The lowest BCUT2D eigenvalue weighted by Gasteiger charge is -2.21. The number of imidazole rings is 1. The molecule has 0 radical (unpaired) electrons. The van der Waals surface area contributed by atoms with E-state index >= 15 is 0 Å². The van der Waals surface area contributed by atoms with Crippen LogP contribution < -0.4 is 5.73 Å². The van der Waals surface area contributed by atoms with Gasteiger partial charge in [-0.1, -0.05) is 12.1 Å². The van der Waals surface area contributed by atoms with Gasteiger partial charge < -0.3 is 15.4 Å². The average Bonchev–Trinajstić information content (AvgIpc) is 2.81. The maximum atomic E-state index is 11.0. The van der Waals surface area contributed by atoms with Crippen LogP contribution in [0.3, 0.4) is 0 Å². The summed E-state index contributed by atoms with van der Waals surface area (Å²) in [6.07, 6.45) is 3.59. The molecule has 0 saturated heterocycles. The number of hydrogen-bond acceptors (Lipinski definition) is 3. The number of carboxylic acid groups (broad SMARTS) is 1. The van der Waals surface area contributed by atoms with E-state index in [0.717, 1.165) is 36.5 Å². The van der Waals surface area contributed by atoms with Crippen molar-refractivity contribution in [3.63, 3.8) is 0 Å². The molecule has 0 bridgehead atoms. The van der Waals surface area contributed by atoms with Crippen molar-refractivity contribution in [1.29, 1.82) is 0 Å². The van der Waals surface area contributed by atoms with Gasteiger partial charge in [0.25, 0.3) is 0 Å². The Bertz CT molecular complexity index is 633. The van der Waals surface area contributed by atoms with Crippen molar-refractivity contribution < 1.29 is 9.90 Å². The van der Waals surface area contributed by atoms with E-state index in [1.54, 1.807) is 18.2 Å². The molecular weight excluding hydrogens is 242 g/mol. The van der Waals surface area contributed by atoms with E-state index in [9.17, 15) is 4.79 Å². The predicted octanol–water partition coefficient (Wildman–Crippen LogP) is 1.52. The van der Waals surface area contributed by atoms with E-state index in [-0.39, 0.29) is 11.6 Å². The molecule has 3 rings (SSSR count). The summed E-state index contributed by atoms with van der Waals surface area (Å²) in [5.74, 6) is -0.0979. The third kappa shape index (κ3) is 2.13. The van der Waals surface area contributed by atoms with Gasteiger partial charge >= 0.3 is 5.97 Å². The van der Waals surface area contributed by atoms with Crippen molar-refractivity contribution in [3.8, 4) is 11.4 Å². The molecule has 19 heavy (non-hydrogen) atoms. The number of nitrogens with two attached hydrogens (primary N) is 1. The van der Waals surface area contributed by atoms with E-state index < -0.39 is 5.97 Å². The largest absolute Gasteiger partial charge is 0.478 e. The van der Waals surface area contributed by atoms with Crippen LogP contribution in [0.5, 0.6) is 0 Å².